The number of anilines is 1. The molecule has 0 fully saturated rings. The fourth-order valence-electron chi connectivity index (χ4n) is 1.13. The van der Waals surface area contributed by atoms with E-state index in [1.165, 1.54) is 12.1 Å². The summed E-state index contributed by atoms with van der Waals surface area (Å²) in [7, 11) is 0. The number of benzene rings is 1. The van der Waals surface area contributed by atoms with Crippen LogP contribution < -0.4 is 5.32 Å². The number of hydrogen-bond acceptors (Lipinski definition) is 2. The second-order valence-corrected chi connectivity index (χ2v) is 3.93. The van der Waals surface area contributed by atoms with Crippen molar-refractivity contribution in [2.45, 2.75) is 19.4 Å². The van der Waals surface area contributed by atoms with Crippen LogP contribution in [0.4, 0.5) is 10.1 Å². The molecular weight excluding hydrogens is 265 g/mol. The maximum Gasteiger partial charge on any atom is 0.326 e. The summed E-state index contributed by atoms with van der Waals surface area (Å²) in [6.45, 7) is 1.75. The lowest BCUT2D eigenvalue weighted by Crippen LogP contribution is -2.28. The minimum atomic E-state index is -0.944. The number of halogens is 2. The molecule has 0 saturated carbocycles. The van der Waals surface area contributed by atoms with Gasteiger partial charge in [-0.15, -0.1) is 0 Å². The highest BCUT2D eigenvalue weighted by molar-refractivity contribution is 9.10. The first-order valence-electron chi connectivity index (χ1n) is 4.49. The molecule has 0 heterocycles. The van der Waals surface area contributed by atoms with E-state index >= 15 is 0 Å². The van der Waals surface area contributed by atoms with Gasteiger partial charge in [-0.1, -0.05) is 6.92 Å². The summed E-state index contributed by atoms with van der Waals surface area (Å²) in [5, 5.41) is 11.5. The maximum atomic E-state index is 13.1. The predicted octanol–water partition coefficient (Wildman–Crippen LogP) is 2.86. The molecule has 0 amide bonds. The number of carbonyl (C=O) groups is 1. The van der Waals surface area contributed by atoms with Crippen molar-refractivity contribution in [2.24, 2.45) is 0 Å². The van der Waals surface area contributed by atoms with Gasteiger partial charge in [0.15, 0.2) is 0 Å². The number of hydrogen-bond donors (Lipinski definition) is 2. The number of carboxylic acid groups (broad SMARTS) is 1. The van der Waals surface area contributed by atoms with Crippen molar-refractivity contribution in [1.82, 2.24) is 0 Å². The van der Waals surface area contributed by atoms with Crippen LogP contribution in [0.3, 0.4) is 0 Å². The second kappa shape index (κ2) is 5.11. The van der Waals surface area contributed by atoms with Gasteiger partial charge in [0.1, 0.15) is 11.9 Å². The Balaban J connectivity index is 2.80. The van der Waals surface area contributed by atoms with E-state index in [1.54, 1.807) is 13.0 Å². The highest BCUT2D eigenvalue weighted by atomic mass is 79.9. The molecule has 0 aliphatic carbocycles. The van der Waals surface area contributed by atoms with Gasteiger partial charge < -0.3 is 10.4 Å². The minimum absolute atomic E-state index is 0.358. The molecule has 1 rings (SSSR count). The molecule has 5 heteroatoms. The van der Waals surface area contributed by atoms with Gasteiger partial charge in [-0.25, -0.2) is 9.18 Å². The zero-order chi connectivity index (χ0) is 11.4. The van der Waals surface area contributed by atoms with E-state index in [9.17, 15) is 9.18 Å². The summed E-state index contributed by atoms with van der Waals surface area (Å²) in [5.74, 6) is -1.36. The zero-order valence-electron chi connectivity index (χ0n) is 8.13. The van der Waals surface area contributed by atoms with Crippen LogP contribution in [0.15, 0.2) is 22.7 Å². The number of nitrogens with one attached hydrogen (secondary N) is 1. The molecule has 0 aliphatic heterocycles. The Morgan fingerprint density at radius 2 is 2.33 bits per heavy atom. The summed E-state index contributed by atoms with van der Waals surface area (Å²) < 4.78 is 13.5. The van der Waals surface area contributed by atoms with Crippen LogP contribution in [0.5, 0.6) is 0 Å². The van der Waals surface area contributed by atoms with Gasteiger partial charge in [0.05, 0.1) is 4.47 Å². The van der Waals surface area contributed by atoms with Crippen LogP contribution in [-0.2, 0) is 4.79 Å². The first-order chi connectivity index (χ1) is 7.04. The van der Waals surface area contributed by atoms with E-state index < -0.39 is 17.8 Å². The molecule has 1 aromatic carbocycles. The second-order valence-electron chi connectivity index (χ2n) is 3.07. The molecule has 1 aromatic rings. The topological polar surface area (TPSA) is 49.3 Å². The SMILES string of the molecule is CCC(Nc1ccc(Br)c(F)c1)C(=O)O. The normalized spacial score (nSPS) is 12.2. The molecule has 0 aliphatic rings. The Labute approximate surface area is 95.4 Å². The van der Waals surface area contributed by atoms with Crippen molar-refractivity contribution in [2.75, 3.05) is 5.32 Å². The highest BCUT2D eigenvalue weighted by Crippen LogP contribution is 2.20. The quantitative estimate of drug-likeness (QED) is 0.889. The number of aliphatic carboxylic acids is 1. The summed E-state index contributed by atoms with van der Waals surface area (Å²) >= 11 is 3.02. The third-order valence-electron chi connectivity index (χ3n) is 1.97. The Morgan fingerprint density at radius 1 is 1.67 bits per heavy atom. The molecule has 82 valence electrons. The maximum absolute atomic E-state index is 13.1. The van der Waals surface area contributed by atoms with E-state index in [0.717, 1.165) is 0 Å². The van der Waals surface area contributed by atoms with Gasteiger partial charge in [0, 0.05) is 5.69 Å². The van der Waals surface area contributed by atoms with Crippen molar-refractivity contribution in [3.8, 4) is 0 Å². The number of rotatable bonds is 4. The van der Waals surface area contributed by atoms with E-state index in [-0.39, 0.29) is 0 Å². The predicted molar refractivity (Wildman–Crippen MR) is 59.4 cm³/mol. The Hall–Kier alpha value is -1.10. The van der Waals surface area contributed by atoms with Crippen LogP contribution in [0.1, 0.15) is 13.3 Å². The Kier molecular flexibility index (Phi) is 4.08. The first-order valence-corrected chi connectivity index (χ1v) is 5.28. The lowest BCUT2D eigenvalue weighted by Gasteiger charge is -2.13. The van der Waals surface area contributed by atoms with Crippen LogP contribution in [0.25, 0.3) is 0 Å². The summed E-state index contributed by atoms with van der Waals surface area (Å²) in [5.41, 5.74) is 0.463. The van der Waals surface area contributed by atoms with Gasteiger partial charge in [0.2, 0.25) is 0 Å². The van der Waals surface area contributed by atoms with Crippen LogP contribution in [-0.4, -0.2) is 17.1 Å². The fourth-order valence-corrected chi connectivity index (χ4v) is 1.37. The van der Waals surface area contributed by atoms with Crippen LogP contribution in [0, 0.1) is 5.82 Å². The Bertz CT molecular complexity index is 370. The average Bonchev–Trinajstić information content (AvgIpc) is 2.19. The van der Waals surface area contributed by atoms with Crippen molar-refractivity contribution < 1.29 is 14.3 Å². The molecule has 0 radical (unpaired) electrons. The molecule has 0 saturated heterocycles. The van der Waals surface area contributed by atoms with Crippen molar-refractivity contribution >= 4 is 27.6 Å². The first kappa shape index (κ1) is 12.0. The summed E-state index contributed by atoms with van der Waals surface area (Å²) in [6, 6.07) is 3.73. The van der Waals surface area contributed by atoms with Gasteiger partial charge in [-0.05, 0) is 40.5 Å². The summed E-state index contributed by atoms with van der Waals surface area (Å²) in [6.07, 6.45) is 0.438. The summed E-state index contributed by atoms with van der Waals surface area (Å²) in [4.78, 5) is 10.7. The van der Waals surface area contributed by atoms with Gasteiger partial charge >= 0.3 is 5.97 Å². The van der Waals surface area contributed by atoms with Crippen LogP contribution >= 0.6 is 15.9 Å². The lowest BCUT2D eigenvalue weighted by atomic mass is 10.2. The van der Waals surface area contributed by atoms with Crippen molar-refractivity contribution in [3.63, 3.8) is 0 Å². The van der Waals surface area contributed by atoms with Crippen molar-refractivity contribution in [1.29, 1.82) is 0 Å². The standard InChI is InChI=1S/C10H11BrFNO2/c1-2-9(10(14)15)13-6-3-4-7(11)8(12)5-6/h3-5,9,13H,2H2,1H3,(H,14,15). The molecule has 0 aromatic heterocycles. The van der Waals surface area contributed by atoms with Crippen molar-refractivity contribution in [3.05, 3.63) is 28.5 Å². The van der Waals surface area contributed by atoms with E-state index in [1.807, 2.05) is 0 Å². The zero-order valence-corrected chi connectivity index (χ0v) is 9.71. The van der Waals surface area contributed by atoms with Gasteiger partial charge in [-0.2, -0.15) is 0 Å². The average molecular weight is 276 g/mol. The molecule has 0 bridgehead atoms. The third-order valence-corrected chi connectivity index (χ3v) is 2.61. The molecule has 2 N–H and O–H groups in total. The molecule has 15 heavy (non-hydrogen) atoms. The van der Waals surface area contributed by atoms with E-state index in [4.69, 9.17) is 5.11 Å². The monoisotopic (exact) mass is 275 g/mol. The van der Waals surface area contributed by atoms with Crippen LogP contribution in [0.2, 0.25) is 0 Å². The fraction of sp³-hybridized carbons (Fsp3) is 0.300. The third kappa shape index (κ3) is 3.20. The number of carboxylic acids is 1. The molecular formula is C10H11BrFNO2. The molecule has 1 atom stereocenters. The lowest BCUT2D eigenvalue weighted by molar-refractivity contribution is -0.137. The van der Waals surface area contributed by atoms with Gasteiger partial charge in [0.25, 0.3) is 0 Å². The van der Waals surface area contributed by atoms with E-state index in [0.29, 0.717) is 16.6 Å². The molecule has 1 unspecified atom stereocenters. The van der Waals surface area contributed by atoms with E-state index in [2.05, 4.69) is 21.2 Å². The van der Waals surface area contributed by atoms with Gasteiger partial charge in [-0.3, -0.25) is 0 Å². The largest absolute Gasteiger partial charge is 0.480 e. The Morgan fingerprint density at radius 3 is 2.80 bits per heavy atom. The highest BCUT2D eigenvalue weighted by Gasteiger charge is 2.14. The molecule has 0 spiro atoms. The minimum Gasteiger partial charge on any atom is -0.480 e. The smallest absolute Gasteiger partial charge is 0.326 e. The molecule has 3 nitrogen and oxygen atoms in total.